The second-order valence-corrected chi connectivity index (χ2v) is 7.07. The molecule has 1 unspecified atom stereocenters. The summed E-state index contributed by atoms with van der Waals surface area (Å²) < 4.78 is 12.2. The Kier molecular flexibility index (Phi) is 5.07. The molecule has 1 aliphatic heterocycles. The van der Waals surface area contributed by atoms with Crippen molar-refractivity contribution in [3.63, 3.8) is 0 Å². The van der Waals surface area contributed by atoms with Gasteiger partial charge in [-0.05, 0) is 30.9 Å². The number of benzene rings is 1. The fourth-order valence-corrected chi connectivity index (χ4v) is 3.50. The van der Waals surface area contributed by atoms with E-state index in [4.69, 9.17) is 9.47 Å². The van der Waals surface area contributed by atoms with Crippen molar-refractivity contribution < 1.29 is 14.3 Å². The Morgan fingerprint density at radius 1 is 1.35 bits per heavy atom. The molecular weight excluding hydrogens is 332 g/mol. The summed E-state index contributed by atoms with van der Waals surface area (Å²) in [6, 6.07) is 5.64. The Labute approximate surface area is 143 Å². The number of nitrogens with one attached hydrogen (secondary N) is 1. The predicted octanol–water partition coefficient (Wildman–Crippen LogP) is 3.52. The number of thioether (sulfide) groups is 1. The largest absolute Gasteiger partial charge is 0.490 e. The van der Waals surface area contributed by atoms with Crippen molar-refractivity contribution >= 4 is 29.0 Å². The highest BCUT2D eigenvalue weighted by Gasteiger charge is 2.17. The van der Waals surface area contributed by atoms with Crippen molar-refractivity contribution in [2.75, 3.05) is 19.5 Å². The molecule has 2 heterocycles. The highest BCUT2D eigenvalue weighted by molar-refractivity contribution is 8.00. The molecular formula is C16H18N2O3S2. The zero-order chi connectivity index (χ0) is 16.2. The highest BCUT2D eigenvalue weighted by Crippen LogP contribution is 2.32. The predicted molar refractivity (Wildman–Crippen MR) is 91.8 cm³/mol. The molecule has 0 bridgehead atoms. The minimum absolute atomic E-state index is 0.140. The molecule has 0 saturated heterocycles. The molecule has 1 atom stereocenters. The van der Waals surface area contributed by atoms with Crippen molar-refractivity contribution in [1.82, 2.24) is 10.3 Å². The molecule has 5 nitrogen and oxygen atoms in total. The van der Waals surface area contributed by atoms with E-state index in [0.717, 1.165) is 27.8 Å². The van der Waals surface area contributed by atoms with Gasteiger partial charge in [0.2, 0.25) is 0 Å². The van der Waals surface area contributed by atoms with E-state index in [9.17, 15) is 4.79 Å². The molecule has 7 heteroatoms. The van der Waals surface area contributed by atoms with Crippen LogP contribution in [0.15, 0.2) is 27.9 Å². The number of hydrogen-bond acceptors (Lipinski definition) is 6. The maximum Gasteiger partial charge on any atom is 0.271 e. The van der Waals surface area contributed by atoms with Crippen LogP contribution in [0.3, 0.4) is 0 Å². The fourth-order valence-electron chi connectivity index (χ4n) is 2.26. The number of rotatable bonds is 4. The van der Waals surface area contributed by atoms with E-state index in [2.05, 4.69) is 10.3 Å². The SMILES string of the molecule is CSc1nc(C(=O)NC(C)c2ccc3c(c2)OCCCO3)cs1. The van der Waals surface area contributed by atoms with Crippen LogP contribution >= 0.6 is 23.1 Å². The van der Waals surface area contributed by atoms with E-state index in [1.165, 1.54) is 23.1 Å². The lowest BCUT2D eigenvalue weighted by atomic mass is 10.1. The Morgan fingerprint density at radius 2 is 2.13 bits per heavy atom. The molecule has 122 valence electrons. The Hall–Kier alpha value is -1.73. The van der Waals surface area contributed by atoms with Gasteiger partial charge in [0.1, 0.15) is 10.0 Å². The summed E-state index contributed by atoms with van der Waals surface area (Å²) in [6.07, 6.45) is 2.82. The van der Waals surface area contributed by atoms with Crippen LogP contribution in [0, 0.1) is 0 Å². The first kappa shape index (κ1) is 16.1. The van der Waals surface area contributed by atoms with E-state index in [1.54, 1.807) is 5.38 Å². The van der Waals surface area contributed by atoms with Crippen LogP contribution in [0.5, 0.6) is 11.5 Å². The number of carbonyl (C=O) groups is 1. The third-order valence-corrected chi connectivity index (χ3v) is 5.37. The molecule has 0 aliphatic carbocycles. The van der Waals surface area contributed by atoms with Crippen LogP contribution < -0.4 is 14.8 Å². The standard InChI is InChI=1S/C16H18N2O3S2/c1-10(17-15(19)12-9-23-16(18-12)22-2)11-4-5-13-14(8-11)21-7-3-6-20-13/h4-5,8-10H,3,6-7H2,1-2H3,(H,17,19). The van der Waals surface area contributed by atoms with E-state index < -0.39 is 0 Å². The van der Waals surface area contributed by atoms with Crippen LogP contribution in [-0.2, 0) is 0 Å². The van der Waals surface area contributed by atoms with Gasteiger partial charge >= 0.3 is 0 Å². The summed E-state index contributed by atoms with van der Waals surface area (Å²) >= 11 is 3.01. The molecule has 3 rings (SSSR count). The van der Waals surface area contributed by atoms with E-state index in [0.29, 0.717) is 18.9 Å². The van der Waals surface area contributed by atoms with E-state index >= 15 is 0 Å². The topological polar surface area (TPSA) is 60.5 Å². The van der Waals surface area contributed by atoms with Crippen molar-refractivity contribution in [2.24, 2.45) is 0 Å². The molecule has 1 aromatic heterocycles. The van der Waals surface area contributed by atoms with Crippen molar-refractivity contribution in [3.05, 3.63) is 34.8 Å². The summed E-state index contributed by atoms with van der Waals surface area (Å²) in [5, 5.41) is 4.75. The molecule has 0 saturated carbocycles. The number of thiazole rings is 1. The lowest BCUT2D eigenvalue weighted by molar-refractivity contribution is 0.0935. The number of ether oxygens (including phenoxy) is 2. The number of hydrogen-bond donors (Lipinski definition) is 1. The second-order valence-electron chi connectivity index (χ2n) is 5.15. The van der Waals surface area contributed by atoms with Gasteiger partial charge in [-0.2, -0.15) is 0 Å². The first-order valence-electron chi connectivity index (χ1n) is 7.37. The molecule has 1 aromatic carbocycles. The summed E-state index contributed by atoms with van der Waals surface area (Å²) in [5.41, 5.74) is 1.43. The van der Waals surface area contributed by atoms with Crippen molar-refractivity contribution in [2.45, 2.75) is 23.7 Å². The van der Waals surface area contributed by atoms with Gasteiger partial charge in [-0.15, -0.1) is 11.3 Å². The van der Waals surface area contributed by atoms with Crippen molar-refractivity contribution in [3.8, 4) is 11.5 Å². The summed E-state index contributed by atoms with van der Waals surface area (Å²) in [5.74, 6) is 1.33. The van der Waals surface area contributed by atoms with Crippen LogP contribution in [0.4, 0.5) is 0 Å². The Morgan fingerprint density at radius 3 is 2.87 bits per heavy atom. The lowest BCUT2D eigenvalue weighted by Crippen LogP contribution is -2.26. The number of fused-ring (bicyclic) bond motifs is 1. The van der Waals surface area contributed by atoms with Gasteiger partial charge in [-0.3, -0.25) is 4.79 Å². The minimum atomic E-state index is -0.166. The first-order valence-corrected chi connectivity index (χ1v) is 9.47. The molecule has 2 aromatic rings. The van der Waals surface area contributed by atoms with Gasteiger partial charge < -0.3 is 14.8 Å². The van der Waals surface area contributed by atoms with Crippen LogP contribution in [0.2, 0.25) is 0 Å². The molecule has 1 amide bonds. The normalized spacial score (nSPS) is 14.9. The minimum Gasteiger partial charge on any atom is -0.490 e. The van der Waals surface area contributed by atoms with Gasteiger partial charge in [0.25, 0.3) is 5.91 Å². The number of aromatic nitrogens is 1. The van der Waals surface area contributed by atoms with Crippen molar-refractivity contribution in [1.29, 1.82) is 0 Å². The molecule has 0 fully saturated rings. The molecule has 23 heavy (non-hydrogen) atoms. The van der Waals surface area contributed by atoms with Crippen LogP contribution in [0.1, 0.15) is 35.4 Å². The zero-order valence-electron chi connectivity index (χ0n) is 13.0. The molecule has 0 radical (unpaired) electrons. The zero-order valence-corrected chi connectivity index (χ0v) is 14.6. The third kappa shape index (κ3) is 3.79. The molecule has 1 N–H and O–H groups in total. The van der Waals surface area contributed by atoms with Gasteiger partial charge in [-0.1, -0.05) is 17.8 Å². The summed E-state index contributed by atoms with van der Waals surface area (Å²) in [6.45, 7) is 3.26. The van der Waals surface area contributed by atoms with Gasteiger partial charge in [0.15, 0.2) is 11.5 Å². The van der Waals surface area contributed by atoms with Gasteiger partial charge in [0, 0.05) is 11.8 Å². The first-order chi connectivity index (χ1) is 11.2. The molecule has 0 spiro atoms. The van der Waals surface area contributed by atoms with Crippen LogP contribution in [0.25, 0.3) is 0 Å². The number of amides is 1. The smallest absolute Gasteiger partial charge is 0.271 e. The average molecular weight is 350 g/mol. The average Bonchev–Trinajstić information content (AvgIpc) is 2.92. The Bertz CT molecular complexity index is 702. The van der Waals surface area contributed by atoms with Gasteiger partial charge in [0.05, 0.1) is 19.3 Å². The van der Waals surface area contributed by atoms with E-state index in [1.807, 2.05) is 31.4 Å². The summed E-state index contributed by atoms with van der Waals surface area (Å²) in [4.78, 5) is 16.6. The van der Waals surface area contributed by atoms with E-state index in [-0.39, 0.29) is 11.9 Å². The molecule has 1 aliphatic rings. The fraction of sp³-hybridized carbons (Fsp3) is 0.375. The monoisotopic (exact) mass is 350 g/mol. The van der Waals surface area contributed by atoms with Crippen LogP contribution in [-0.4, -0.2) is 30.4 Å². The maximum atomic E-state index is 12.3. The second kappa shape index (κ2) is 7.23. The summed E-state index contributed by atoms with van der Waals surface area (Å²) in [7, 11) is 0. The maximum absolute atomic E-state index is 12.3. The highest BCUT2D eigenvalue weighted by atomic mass is 32.2. The lowest BCUT2D eigenvalue weighted by Gasteiger charge is -2.16. The Balaban J connectivity index is 1.71. The number of carbonyl (C=O) groups excluding carboxylic acids is 1. The van der Waals surface area contributed by atoms with Gasteiger partial charge in [-0.25, -0.2) is 4.98 Å². The quantitative estimate of drug-likeness (QED) is 0.855. The third-order valence-electron chi connectivity index (χ3n) is 3.51. The number of nitrogens with zero attached hydrogens (tertiary/aromatic N) is 1.